The lowest BCUT2D eigenvalue weighted by Crippen LogP contribution is -2.36. The van der Waals surface area contributed by atoms with Crippen LogP contribution in [0.5, 0.6) is 0 Å². The van der Waals surface area contributed by atoms with Gasteiger partial charge in [-0.15, -0.1) is 0 Å². The van der Waals surface area contributed by atoms with E-state index < -0.39 is 0 Å². The molecule has 0 atom stereocenters. The Morgan fingerprint density at radius 3 is 2.78 bits per heavy atom. The quantitative estimate of drug-likeness (QED) is 0.517. The summed E-state index contributed by atoms with van der Waals surface area (Å²) in [5, 5.41) is 2.29. The van der Waals surface area contributed by atoms with Crippen molar-refractivity contribution >= 4 is 33.4 Å². The topological polar surface area (TPSA) is 31.4 Å². The first kappa shape index (κ1) is 19.6. The zero-order chi connectivity index (χ0) is 19.6. The van der Waals surface area contributed by atoms with E-state index in [4.69, 9.17) is 4.99 Å². The van der Waals surface area contributed by atoms with Crippen LogP contribution in [0.2, 0.25) is 0 Å². The number of thioether (sulfide) groups is 1. The molecule has 2 heterocycles. The highest BCUT2D eigenvalue weighted by molar-refractivity contribution is 8.13. The van der Waals surface area contributed by atoms with Crippen molar-refractivity contribution in [2.75, 3.05) is 19.3 Å². The van der Waals surface area contributed by atoms with E-state index in [2.05, 4.69) is 74.3 Å². The number of aliphatic imine (C=N–C) groups is 1. The largest absolute Gasteiger partial charge is 0.361 e. The van der Waals surface area contributed by atoms with E-state index in [1.54, 1.807) is 11.8 Å². The molecule has 1 aliphatic heterocycles. The second-order valence-corrected chi connectivity index (χ2v) is 8.18. The van der Waals surface area contributed by atoms with Crippen LogP contribution in [-0.4, -0.2) is 34.4 Å². The summed E-state index contributed by atoms with van der Waals surface area (Å²) in [6, 6.07) is 8.72. The molecule has 0 unspecified atom stereocenters. The van der Waals surface area contributed by atoms with Crippen LogP contribution in [0.25, 0.3) is 16.5 Å². The van der Waals surface area contributed by atoms with Gasteiger partial charge >= 0.3 is 0 Å². The second kappa shape index (κ2) is 8.22. The lowest BCUT2D eigenvalue weighted by molar-refractivity contribution is 0.439. The molecule has 142 valence electrons. The molecule has 0 aliphatic carbocycles. The molecule has 1 aromatic carbocycles. The minimum Gasteiger partial charge on any atom is -0.361 e. The highest BCUT2D eigenvalue weighted by atomic mass is 32.2. The van der Waals surface area contributed by atoms with E-state index in [0.717, 1.165) is 30.4 Å². The molecule has 0 spiro atoms. The molecule has 1 aliphatic rings. The van der Waals surface area contributed by atoms with Crippen molar-refractivity contribution in [2.45, 2.75) is 27.2 Å². The van der Waals surface area contributed by atoms with Crippen LogP contribution in [-0.2, 0) is 0 Å². The minimum atomic E-state index is 0.358. The van der Waals surface area contributed by atoms with Crippen molar-refractivity contribution in [3.05, 3.63) is 66.0 Å². The molecular formula is C23H29N3S. The number of fused-ring (bicyclic) bond motifs is 1. The van der Waals surface area contributed by atoms with E-state index in [1.165, 1.54) is 33.2 Å². The molecule has 0 radical (unpaired) electrons. The Balaban J connectivity index is 1.92. The Labute approximate surface area is 166 Å². The van der Waals surface area contributed by atoms with Gasteiger partial charge in [0.25, 0.3) is 0 Å². The zero-order valence-electron chi connectivity index (χ0n) is 16.8. The Kier molecular flexibility index (Phi) is 5.95. The van der Waals surface area contributed by atoms with Gasteiger partial charge in [-0.2, -0.15) is 0 Å². The Hall–Kier alpha value is -2.20. The number of nitrogens with zero attached hydrogens (tertiary/aromatic N) is 2. The molecule has 3 rings (SSSR count). The first-order valence-corrected chi connectivity index (χ1v) is 10.6. The Morgan fingerprint density at radius 1 is 1.30 bits per heavy atom. The summed E-state index contributed by atoms with van der Waals surface area (Å²) < 4.78 is 0. The fraction of sp³-hybridized carbons (Fsp3) is 0.348. The predicted molar refractivity (Wildman–Crippen MR) is 121 cm³/mol. The van der Waals surface area contributed by atoms with Gasteiger partial charge in [0.15, 0.2) is 5.17 Å². The number of hydrogen-bond donors (Lipinski definition) is 1. The van der Waals surface area contributed by atoms with Crippen molar-refractivity contribution in [3.8, 4) is 0 Å². The maximum atomic E-state index is 4.80. The van der Waals surface area contributed by atoms with Gasteiger partial charge in [-0.25, -0.2) is 4.99 Å². The van der Waals surface area contributed by atoms with Crippen LogP contribution in [0.1, 0.15) is 32.8 Å². The lowest BCUT2D eigenvalue weighted by atomic mass is 9.91. The minimum absolute atomic E-state index is 0.358. The number of rotatable bonds is 3. The number of nitrogens with one attached hydrogen (secondary N) is 1. The maximum absolute atomic E-state index is 4.80. The number of amidine groups is 1. The molecule has 1 N–H and O–H groups in total. The summed E-state index contributed by atoms with van der Waals surface area (Å²) in [5.41, 5.74) is 7.23. The van der Waals surface area contributed by atoms with Gasteiger partial charge in [-0.05, 0) is 71.4 Å². The number of allylic oxidation sites excluding steroid dienone is 2. The molecule has 0 saturated carbocycles. The van der Waals surface area contributed by atoms with Gasteiger partial charge in [-0.3, -0.25) is 0 Å². The fourth-order valence-electron chi connectivity index (χ4n) is 3.31. The first-order chi connectivity index (χ1) is 12.9. The van der Waals surface area contributed by atoms with E-state index in [0.29, 0.717) is 5.92 Å². The van der Waals surface area contributed by atoms with Crippen LogP contribution in [0.4, 0.5) is 0 Å². The third kappa shape index (κ3) is 4.22. The van der Waals surface area contributed by atoms with Crippen molar-refractivity contribution in [3.63, 3.8) is 0 Å². The van der Waals surface area contributed by atoms with Crippen LogP contribution in [0.3, 0.4) is 0 Å². The van der Waals surface area contributed by atoms with Crippen LogP contribution >= 0.6 is 11.8 Å². The van der Waals surface area contributed by atoms with E-state index in [1.807, 2.05) is 6.20 Å². The molecular weight excluding hydrogens is 350 g/mol. The SMILES string of the molecule is C=C1CCN(/C(=N/C(=C)C(C)C)SC)C/C1=C(/C)c1ccc2[nH]ccc2c1. The summed E-state index contributed by atoms with van der Waals surface area (Å²) in [6.07, 6.45) is 5.04. The van der Waals surface area contributed by atoms with Gasteiger partial charge in [0.1, 0.15) is 0 Å². The van der Waals surface area contributed by atoms with Crippen molar-refractivity contribution in [2.24, 2.45) is 10.9 Å². The average molecular weight is 380 g/mol. The normalized spacial score (nSPS) is 17.7. The zero-order valence-corrected chi connectivity index (χ0v) is 17.6. The van der Waals surface area contributed by atoms with Crippen LogP contribution < -0.4 is 0 Å². The predicted octanol–water partition coefficient (Wildman–Crippen LogP) is 6.09. The van der Waals surface area contributed by atoms with E-state index >= 15 is 0 Å². The van der Waals surface area contributed by atoms with Crippen molar-refractivity contribution in [1.29, 1.82) is 0 Å². The van der Waals surface area contributed by atoms with E-state index in [-0.39, 0.29) is 0 Å². The second-order valence-electron chi connectivity index (χ2n) is 7.40. The van der Waals surface area contributed by atoms with E-state index in [9.17, 15) is 0 Å². The monoisotopic (exact) mass is 379 g/mol. The number of likely N-dealkylation sites (tertiary alicyclic amines) is 1. The molecule has 1 saturated heterocycles. The van der Waals surface area contributed by atoms with Gasteiger partial charge in [-0.1, -0.05) is 44.8 Å². The summed E-state index contributed by atoms with van der Waals surface area (Å²) >= 11 is 1.69. The molecule has 0 amide bonds. The highest BCUT2D eigenvalue weighted by Crippen LogP contribution is 2.31. The van der Waals surface area contributed by atoms with Crippen LogP contribution in [0, 0.1) is 5.92 Å². The lowest BCUT2D eigenvalue weighted by Gasteiger charge is -2.33. The van der Waals surface area contributed by atoms with Gasteiger partial charge in [0.05, 0.1) is 0 Å². The summed E-state index contributed by atoms with van der Waals surface area (Å²) in [4.78, 5) is 10.4. The average Bonchev–Trinajstić information content (AvgIpc) is 3.13. The molecule has 3 nitrogen and oxygen atoms in total. The number of aromatic nitrogens is 1. The van der Waals surface area contributed by atoms with Gasteiger partial charge in [0, 0.05) is 30.5 Å². The summed E-state index contributed by atoms with van der Waals surface area (Å²) in [6.45, 7) is 16.7. The Morgan fingerprint density at radius 2 is 2.07 bits per heavy atom. The molecule has 0 bridgehead atoms. The third-order valence-electron chi connectivity index (χ3n) is 5.26. The number of benzene rings is 1. The molecule has 1 aromatic heterocycles. The third-order valence-corrected chi connectivity index (χ3v) is 5.97. The van der Waals surface area contributed by atoms with Gasteiger partial charge in [0.2, 0.25) is 0 Å². The smallest absolute Gasteiger partial charge is 0.164 e. The summed E-state index contributed by atoms with van der Waals surface area (Å²) in [5.74, 6) is 0.358. The Bertz CT molecular complexity index is 930. The van der Waals surface area contributed by atoms with Gasteiger partial charge < -0.3 is 9.88 Å². The summed E-state index contributed by atoms with van der Waals surface area (Å²) in [7, 11) is 0. The fourth-order valence-corrected chi connectivity index (χ4v) is 3.93. The number of piperidine rings is 1. The number of hydrogen-bond acceptors (Lipinski definition) is 2. The van der Waals surface area contributed by atoms with Crippen molar-refractivity contribution < 1.29 is 0 Å². The maximum Gasteiger partial charge on any atom is 0.164 e. The molecule has 4 heteroatoms. The number of aromatic amines is 1. The standard InChI is InChI=1S/C23H29N3S/c1-15(2)18(5)25-23(27-6)26-12-10-16(3)21(14-26)17(4)19-7-8-22-20(13-19)9-11-24-22/h7-9,11,13,15,24H,3,5,10,12,14H2,1-2,4,6H3/b21-17+,25-23-. The van der Waals surface area contributed by atoms with Crippen LogP contribution in [0.15, 0.2) is 65.5 Å². The molecule has 1 fully saturated rings. The number of H-pyrrole nitrogens is 1. The first-order valence-electron chi connectivity index (χ1n) is 9.42. The van der Waals surface area contributed by atoms with Crippen molar-refractivity contribution in [1.82, 2.24) is 9.88 Å². The molecule has 27 heavy (non-hydrogen) atoms. The molecule has 2 aromatic rings. The highest BCUT2D eigenvalue weighted by Gasteiger charge is 2.22.